The van der Waals surface area contributed by atoms with Crippen molar-refractivity contribution in [2.24, 2.45) is 23.5 Å². The van der Waals surface area contributed by atoms with Crippen LogP contribution in [0, 0.1) is 17.8 Å². The summed E-state index contributed by atoms with van der Waals surface area (Å²) in [7, 11) is 1.41. The Labute approximate surface area is 85.0 Å². The van der Waals surface area contributed by atoms with E-state index >= 15 is 0 Å². The topological polar surface area (TPSA) is 52.3 Å². The molecule has 2 aliphatic rings. The molecule has 0 aliphatic heterocycles. The Bertz CT molecular complexity index is 229. The van der Waals surface area contributed by atoms with E-state index in [2.05, 4.69) is 4.74 Å². The Morgan fingerprint density at radius 2 is 2.29 bits per heavy atom. The number of hydrogen-bond acceptors (Lipinski definition) is 3. The van der Waals surface area contributed by atoms with Crippen LogP contribution in [0.15, 0.2) is 0 Å². The molecule has 3 nitrogen and oxygen atoms in total. The fraction of sp³-hybridized carbons (Fsp3) is 0.909. The van der Waals surface area contributed by atoms with Crippen molar-refractivity contribution in [1.29, 1.82) is 0 Å². The van der Waals surface area contributed by atoms with Crippen molar-refractivity contribution in [1.82, 2.24) is 0 Å². The summed E-state index contributed by atoms with van der Waals surface area (Å²) in [4.78, 5) is 11.2. The summed E-state index contributed by atoms with van der Waals surface area (Å²) in [5, 5.41) is 0. The van der Waals surface area contributed by atoms with Crippen LogP contribution in [-0.2, 0) is 9.53 Å². The standard InChI is InChI=1S/C11H19NO2/c1-14-11(13)10(12)6-9-5-7-2-3-8(9)4-7/h7-10H,2-6,12H2,1H3/t7?,8?,9-,10+/m1/s1. The van der Waals surface area contributed by atoms with Gasteiger partial charge in [0.05, 0.1) is 7.11 Å². The van der Waals surface area contributed by atoms with Gasteiger partial charge in [0, 0.05) is 0 Å². The van der Waals surface area contributed by atoms with E-state index in [9.17, 15) is 4.79 Å². The number of hydrogen-bond donors (Lipinski definition) is 1. The van der Waals surface area contributed by atoms with E-state index < -0.39 is 6.04 Å². The fourth-order valence-corrected chi connectivity index (χ4v) is 3.24. The molecule has 2 bridgehead atoms. The summed E-state index contributed by atoms with van der Waals surface area (Å²) in [6.07, 6.45) is 6.24. The molecule has 0 aromatic heterocycles. The maximum absolute atomic E-state index is 11.2. The van der Waals surface area contributed by atoms with Crippen LogP contribution in [0.3, 0.4) is 0 Å². The number of fused-ring (bicyclic) bond motifs is 2. The Morgan fingerprint density at radius 3 is 2.79 bits per heavy atom. The van der Waals surface area contributed by atoms with Gasteiger partial charge in [-0.3, -0.25) is 4.79 Å². The largest absolute Gasteiger partial charge is 0.468 e. The summed E-state index contributed by atoms with van der Waals surface area (Å²) in [6.45, 7) is 0. The summed E-state index contributed by atoms with van der Waals surface area (Å²) in [5.74, 6) is 2.20. The lowest BCUT2D eigenvalue weighted by atomic mass is 9.84. The van der Waals surface area contributed by atoms with Crippen molar-refractivity contribution < 1.29 is 9.53 Å². The molecule has 0 amide bonds. The van der Waals surface area contributed by atoms with E-state index in [4.69, 9.17) is 5.73 Å². The number of methoxy groups -OCH3 is 1. The highest BCUT2D eigenvalue weighted by Crippen LogP contribution is 2.49. The van der Waals surface area contributed by atoms with Crippen molar-refractivity contribution in [2.45, 2.75) is 38.1 Å². The second-order valence-corrected chi connectivity index (χ2v) is 4.80. The molecule has 2 aliphatic carbocycles. The highest BCUT2D eigenvalue weighted by molar-refractivity contribution is 5.75. The van der Waals surface area contributed by atoms with E-state index in [0.717, 1.165) is 18.3 Å². The molecule has 2 fully saturated rings. The Kier molecular flexibility index (Phi) is 2.77. The van der Waals surface area contributed by atoms with Crippen LogP contribution in [0.5, 0.6) is 0 Å². The van der Waals surface area contributed by atoms with E-state index in [-0.39, 0.29) is 5.97 Å². The van der Waals surface area contributed by atoms with Crippen molar-refractivity contribution >= 4 is 5.97 Å². The number of ether oxygens (including phenoxy) is 1. The minimum atomic E-state index is -0.399. The van der Waals surface area contributed by atoms with Crippen LogP contribution in [0.1, 0.15) is 32.1 Å². The van der Waals surface area contributed by atoms with E-state index in [0.29, 0.717) is 5.92 Å². The molecule has 2 N–H and O–H groups in total. The third kappa shape index (κ3) is 1.78. The fourth-order valence-electron chi connectivity index (χ4n) is 3.24. The molecule has 0 aromatic rings. The lowest BCUT2D eigenvalue weighted by Crippen LogP contribution is -2.34. The molecule has 2 rings (SSSR count). The predicted octanol–water partition coefficient (Wildman–Crippen LogP) is 1.31. The Morgan fingerprint density at radius 1 is 1.50 bits per heavy atom. The molecule has 0 aromatic carbocycles. The smallest absolute Gasteiger partial charge is 0.322 e. The lowest BCUT2D eigenvalue weighted by molar-refractivity contribution is -0.142. The normalized spacial score (nSPS) is 37.1. The predicted molar refractivity (Wildman–Crippen MR) is 53.5 cm³/mol. The van der Waals surface area contributed by atoms with Gasteiger partial charge in [-0.05, 0) is 43.4 Å². The average Bonchev–Trinajstić information content (AvgIpc) is 2.77. The second kappa shape index (κ2) is 3.89. The van der Waals surface area contributed by atoms with E-state index in [1.165, 1.54) is 32.8 Å². The molecule has 2 unspecified atom stereocenters. The van der Waals surface area contributed by atoms with Crippen molar-refractivity contribution in [2.75, 3.05) is 7.11 Å². The maximum Gasteiger partial charge on any atom is 0.322 e. The van der Waals surface area contributed by atoms with E-state index in [1.54, 1.807) is 0 Å². The van der Waals surface area contributed by atoms with Crippen molar-refractivity contribution in [3.63, 3.8) is 0 Å². The zero-order chi connectivity index (χ0) is 10.1. The Balaban J connectivity index is 1.83. The molecule has 4 atom stereocenters. The van der Waals surface area contributed by atoms with Gasteiger partial charge >= 0.3 is 5.97 Å². The van der Waals surface area contributed by atoms with Gasteiger partial charge in [-0.1, -0.05) is 6.42 Å². The van der Waals surface area contributed by atoms with Gasteiger partial charge in [0.2, 0.25) is 0 Å². The monoisotopic (exact) mass is 197 g/mol. The molecule has 0 saturated heterocycles. The van der Waals surface area contributed by atoms with Crippen LogP contribution < -0.4 is 5.73 Å². The maximum atomic E-state index is 11.2. The van der Waals surface area contributed by atoms with Gasteiger partial charge in [-0.25, -0.2) is 0 Å². The first kappa shape index (κ1) is 9.97. The van der Waals surface area contributed by atoms with Crippen LogP contribution in [0.4, 0.5) is 0 Å². The molecule has 0 heterocycles. The van der Waals surface area contributed by atoms with Gasteiger partial charge < -0.3 is 10.5 Å². The summed E-state index contributed by atoms with van der Waals surface area (Å²) in [5.41, 5.74) is 5.76. The molecule has 3 heteroatoms. The third-order valence-electron chi connectivity index (χ3n) is 3.95. The number of carbonyl (C=O) groups excluding carboxylic acids is 1. The summed E-state index contributed by atoms with van der Waals surface area (Å²) in [6, 6.07) is -0.399. The van der Waals surface area contributed by atoms with Crippen molar-refractivity contribution in [3.05, 3.63) is 0 Å². The molecule has 80 valence electrons. The van der Waals surface area contributed by atoms with Gasteiger partial charge in [0.25, 0.3) is 0 Å². The summed E-state index contributed by atoms with van der Waals surface area (Å²) < 4.78 is 4.64. The lowest BCUT2D eigenvalue weighted by Gasteiger charge is -2.23. The molecule has 0 spiro atoms. The van der Waals surface area contributed by atoms with Gasteiger partial charge in [-0.15, -0.1) is 0 Å². The first-order valence-electron chi connectivity index (χ1n) is 5.54. The average molecular weight is 197 g/mol. The molecule has 14 heavy (non-hydrogen) atoms. The zero-order valence-electron chi connectivity index (χ0n) is 8.74. The molecule has 0 radical (unpaired) electrons. The van der Waals surface area contributed by atoms with Gasteiger partial charge in [-0.2, -0.15) is 0 Å². The second-order valence-electron chi connectivity index (χ2n) is 4.80. The van der Waals surface area contributed by atoms with Crippen LogP contribution in [-0.4, -0.2) is 19.1 Å². The molecule has 2 saturated carbocycles. The van der Waals surface area contributed by atoms with Crippen LogP contribution in [0.25, 0.3) is 0 Å². The first-order chi connectivity index (χ1) is 6.70. The zero-order valence-corrected chi connectivity index (χ0v) is 8.74. The van der Waals surface area contributed by atoms with E-state index in [1.807, 2.05) is 0 Å². The molecular weight excluding hydrogens is 178 g/mol. The summed E-state index contributed by atoms with van der Waals surface area (Å²) >= 11 is 0. The third-order valence-corrected chi connectivity index (χ3v) is 3.95. The first-order valence-corrected chi connectivity index (χ1v) is 5.54. The van der Waals surface area contributed by atoms with Crippen LogP contribution in [0.2, 0.25) is 0 Å². The van der Waals surface area contributed by atoms with Crippen molar-refractivity contribution in [3.8, 4) is 0 Å². The minimum Gasteiger partial charge on any atom is -0.468 e. The number of esters is 1. The van der Waals surface area contributed by atoms with Gasteiger partial charge in [0.15, 0.2) is 0 Å². The highest BCUT2D eigenvalue weighted by Gasteiger charge is 2.40. The number of nitrogens with two attached hydrogens (primary N) is 1. The van der Waals surface area contributed by atoms with Crippen LogP contribution >= 0.6 is 0 Å². The quantitative estimate of drug-likeness (QED) is 0.694. The number of carbonyl (C=O) groups is 1. The van der Waals surface area contributed by atoms with Gasteiger partial charge in [0.1, 0.15) is 6.04 Å². The highest BCUT2D eigenvalue weighted by atomic mass is 16.5. The Hall–Kier alpha value is -0.570. The number of rotatable bonds is 3. The SMILES string of the molecule is COC(=O)[C@@H](N)C[C@H]1CC2CCC1C2. The molecular formula is C11H19NO2. The minimum absolute atomic E-state index is 0.257.